The third kappa shape index (κ3) is 7.03. The second-order valence-electron chi connectivity index (χ2n) is 4.00. The van der Waals surface area contributed by atoms with E-state index in [9.17, 15) is 9.18 Å². The van der Waals surface area contributed by atoms with Crippen LogP contribution >= 0.6 is 11.8 Å². The number of benzene rings is 1. The molecule has 106 valence electrons. The van der Waals surface area contributed by atoms with Crippen LogP contribution in [0.25, 0.3) is 0 Å². The lowest BCUT2D eigenvalue weighted by Crippen LogP contribution is -2.30. The summed E-state index contributed by atoms with van der Waals surface area (Å²) in [6.45, 7) is 0.559. The van der Waals surface area contributed by atoms with Gasteiger partial charge >= 0.3 is 5.97 Å². The van der Waals surface area contributed by atoms with Crippen LogP contribution in [-0.4, -0.2) is 35.2 Å². The zero-order valence-corrected chi connectivity index (χ0v) is 11.4. The molecule has 1 aromatic carbocycles. The summed E-state index contributed by atoms with van der Waals surface area (Å²) in [6, 6.07) is 5.13. The minimum Gasteiger partial charge on any atom is -0.494 e. The summed E-state index contributed by atoms with van der Waals surface area (Å²) in [7, 11) is 0. The fourth-order valence-corrected chi connectivity index (χ4v) is 2.26. The molecule has 1 unspecified atom stereocenters. The molecule has 4 nitrogen and oxygen atoms in total. The van der Waals surface area contributed by atoms with Gasteiger partial charge in [0.1, 0.15) is 17.6 Å². The molecule has 0 aliphatic heterocycles. The molecule has 6 heteroatoms. The standard InChI is InChI=1S/C13H18FNO3S/c14-10-2-4-11(5-3-10)18-7-1-8-19-9-6-12(15)13(16)17/h2-5,12H,1,6-9,15H2,(H,16,17). The minimum atomic E-state index is -0.958. The van der Waals surface area contributed by atoms with Gasteiger partial charge in [0.05, 0.1) is 6.61 Å². The average Bonchev–Trinajstić information content (AvgIpc) is 2.39. The number of halogens is 1. The zero-order valence-electron chi connectivity index (χ0n) is 10.5. The van der Waals surface area contributed by atoms with Crippen molar-refractivity contribution in [1.29, 1.82) is 0 Å². The molecule has 0 heterocycles. The van der Waals surface area contributed by atoms with Crippen molar-refractivity contribution in [3.63, 3.8) is 0 Å². The van der Waals surface area contributed by atoms with Crippen LogP contribution < -0.4 is 10.5 Å². The van der Waals surface area contributed by atoms with Crippen molar-refractivity contribution in [2.75, 3.05) is 18.1 Å². The summed E-state index contributed by atoms with van der Waals surface area (Å²) in [5, 5.41) is 8.59. The Morgan fingerprint density at radius 2 is 2.05 bits per heavy atom. The molecule has 0 amide bonds. The Morgan fingerprint density at radius 3 is 2.68 bits per heavy atom. The molecule has 0 bridgehead atoms. The molecule has 1 aromatic rings. The monoisotopic (exact) mass is 287 g/mol. The summed E-state index contributed by atoms with van der Waals surface area (Å²) in [5.74, 6) is 1.02. The highest BCUT2D eigenvalue weighted by Crippen LogP contribution is 2.12. The van der Waals surface area contributed by atoms with E-state index < -0.39 is 12.0 Å². The maximum Gasteiger partial charge on any atom is 0.320 e. The van der Waals surface area contributed by atoms with Gasteiger partial charge in [-0.3, -0.25) is 4.79 Å². The number of hydrogen-bond acceptors (Lipinski definition) is 4. The van der Waals surface area contributed by atoms with Crippen molar-refractivity contribution in [2.45, 2.75) is 18.9 Å². The summed E-state index contributed by atoms with van der Waals surface area (Å²) in [4.78, 5) is 10.5. The molecule has 0 radical (unpaired) electrons. The smallest absolute Gasteiger partial charge is 0.320 e. The van der Waals surface area contributed by atoms with E-state index in [1.807, 2.05) is 0 Å². The molecule has 1 rings (SSSR count). The van der Waals surface area contributed by atoms with Gasteiger partial charge in [-0.25, -0.2) is 4.39 Å². The molecule has 0 aliphatic rings. The Hall–Kier alpha value is -1.27. The van der Waals surface area contributed by atoms with Gasteiger partial charge in [0.2, 0.25) is 0 Å². The van der Waals surface area contributed by atoms with Gasteiger partial charge < -0.3 is 15.6 Å². The Labute approximate surface area is 116 Å². The average molecular weight is 287 g/mol. The molecular formula is C13H18FNO3S. The second-order valence-corrected chi connectivity index (χ2v) is 5.23. The fourth-order valence-electron chi connectivity index (χ4n) is 1.32. The number of carboxylic acids is 1. The fraction of sp³-hybridized carbons (Fsp3) is 0.462. The number of rotatable bonds is 9. The minimum absolute atomic E-state index is 0.280. The van der Waals surface area contributed by atoms with E-state index in [2.05, 4.69) is 0 Å². The van der Waals surface area contributed by atoms with Crippen molar-refractivity contribution in [1.82, 2.24) is 0 Å². The van der Waals surface area contributed by atoms with Crippen molar-refractivity contribution >= 4 is 17.7 Å². The SMILES string of the molecule is NC(CCSCCCOc1ccc(F)cc1)C(=O)O. The number of ether oxygens (including phenoxy) is 1. The normalized spacial score (nSPS) is 12.1. The number of aliphatic carboxylic acids is 1. The molecule has 0 aliphatic carbocycles. The highest BCUT2D eigenvalue weighted by atomic mass is 32.2. The van der Waals surface area contributed by atoms with Gasteiger partial charge in [0.15, 0.2) is 0 Å². The van der Waals surface area contributed by atoms with Crippen LogP contribution in [0.3, 0.4) is 0 Å². The van der Waals surface area contributed by atoms with E-state index >= 15 is 0 Å². The van der Waals surface area contributed by atoms with E-state index in [0.29, 0.717) is 18.8 Å². The summed E-state index contributed by atoms with van der Waals surface area (Å²) < 4.78 is 18.1. The first-order chi connectivity index (χ1) is 9.09. The van der Waals surface area contributed by atoms with Crippen molar-refractivity contribution < 1.29 is 19.0 Å². The number of hydrogen-bond donors (Lipinski definition) is 2. The van der Waals surface area contributed by atoms with E-state index in [1.165, 1.54) is 12.1 Å². The van der Waals surface area contributed by atoms with Crippen LogP contribution in [0, 0.1) is 5.82 Å². The largest absolute Gasteiger partial charge is 0.494 e. The number of carbonyl (C=O) groups is 1. The molecule has 1 atom stereocenters. The van der Waals surface area contributed by atoms with Crippen LogP contribution in [-0.2, 0) is 4.79 Å². The van der Waals surface area contributed by atoms with Crippen LogP contribution in [0.15, 0.2) is 24.3 Å². The summed E-state index contributed by atoms with van der Waals surface area (Å²) in [5.41, 5.74) is 5.38. The maximum atomic E-state index is 12.6. The quantitative estimate of drug-likeness (QED) is 0.681. The lowest BCUT2D eigenvalue weighted by atomic mass is 10.2. The van der Waals surface area contributed by atoms with Gasteiger partial charge in [-0.15, -0.1) is 0 Å². The maximum absolute atomic E-state index is 12.6. The predicted octanol–water partition coefficient (Wildman–Crippen LogP) is 2.13. The molecule has 3 N–H and O–H groups in total. The number of carboxylic acid groups (broad SMARTS) is 1. The summed E-state index contributed by atoms with van der Waals surface area (Å²) in [6.07, 6.45) is 1.32. The van der Waals surface area contributed by atoms with Crippen molar-refractivity contribution in [2.24, 2.45) is 5.73 Å². The highest BCUT2D eigenvalue weighted by Gasteiger charge is 2.09. The first kappa shape index (κ1) is 15.8. The van der Waals surface area contributed by atoms with E-state index in [1.54, 1.807) is 23.9 Å². The van der Waals surface area contributed by atoms with Crippen LogP contribution in [0.1, 0.15) is 12.8 Å². The van der Waals surface area contributed by atoms with Gasteiger partial charge in [-0.05, 0) is 48.6 Å². The molecule has 0 saturated heterocycles. The predicted molar refractivity (Wildman–Crippen MR) is 74.1 cm³/mol. The molecule has 0 saturated carbocycles. The molecule has 0 spiro atoms. The van der Waals surface area contributed by atoms with Crippen molar-refractivity contribution in [3.8, 4) is 5.75 Å². The number of nitrogens with two attached hydrogens (primary N) is 1. The van der Waals surface area contributed by atoms with E-state index in [4.69, 9.17) is 15.6 Å². The van der Waals surface area contributed by atoms with Crippen LogP contribution in [0.2, 0.25) is 0 Å². The van der Waals surface area contributed by atoms with Gasteiger partial charge in [0, 0.05) is 0 Å². The Kier molecular flexibility index (Phi) is 7.28. The molecule has 19 heavy (non-hydrogen) atoms. The second kappa shape index (κ2) is 8.77. The van der Waals surface area contributed by atoms with Crippen LogP contribution in [0.4, 0.5) is 4.39 Å². The highest BCUT2D eigenvalue weighted by molar-refractivity contribution is 7.99. The first-order valence-electron chi connectivity index (χ1n) is 6.04. The first-order valence-corrected chi connectivity index (χ1v) is 7.19. The lowest BCUT2D eigenvalue weighted by Gasteiger charge is -2.07. The number of thioether (sulfide) groups is 1. The Bertz CT molecular complexity index is 386. The Morgan fingerprint density at radius 1 is 1.37 bits per heavy atom. The Balaban J connectivity index is 1.99. The molecule has 0 fully saturated rings. The zero-order chi connectivity index (χ0) is 14.1. The van der Waals surface area contributed by atoms with E-state index in [-0.39, 0.29) is 5.82 Å². The third-order valence-electron chi connectivity index (χ3n) is 2.41. The van der Waals surface area contributed by atoms with E-state index in [0.717, 1.165) is 17.9 Å². The van der Waals surface area contributed by atoms with Gasteiger partial charge in [0.25, 0.3) is 0 Å². The lowest BCUT2D eigenvalue weighted by molar-refractivity contribution is -0.138. The van der Waals surface area contributed by atoms with Gasteiger partial charge in [-0.2, -0.15) is 11.8 Å². The third-order valence-corrected chi connectivity index (χ3v) is 3.51. The molecule has 0 aromatic heterocycles. The molecular weight excluding hydrogens is 269 g/mol. The van der Waals surface area contributed by atoms with Gasteiger partial charge in [-0.1, -0.05) is 0 Å². The van der Waals surface area contributed by atoms with Crippen molar-refractivity contribution in [3.05, 3.63) is 30.1 Å². The topological polar surface area (TPSA) is 72.5 Å². The summed E-state index contributed by atoms with van der Waals surface area (Å²) >= 11 is 1.65. The van der Waals surface area contributed by atoms with Crippen LogP contribution in [0.5, 0.6) is 5.75 Å².